The molecule has 1 aromatic rings. The monoisotopic (exact) mass is 282 g/mol. The summed E-state index contributed by atoms with van der Waals surface area (Å²) in [5.74, 6) is 0.819. The molecule has 104 valence electrons. The molecular weight excluding hydrogens is 264 g/mol. The van der Waals surface area contributed by atoms with Crippen LogP contribution < -0.4 is 5.32 Å². The van der Waals surface area contributed by atoms with E-state index in [0.29, 0.717) is 17.6 Å². The molecule has 1 fully saturated rings. The molecule has 1 aliphatic carbocycles. The first-order chi connectivity index (χ1) is 9.06. The quantitative estimate of drug-likeness (QED) is 0.673. The molecule has 2 rings (SSSR count). The Hall–Kier alpha value is -1.13. The fraction of sp³-hybridized carbons (Fsp3) is 0.571. The Morgan fingerprint density at radius 3 is 2.68 bits per heavy atom. The molecule has 0 radical (unpaired) electrons. The number of nitro groups is 1. The van der Waals surface area contributed by atoms with Crippen molar-refractivity contribution in [3.8, 4) is 0 Å². The predicted octanol–water partition coefficient (Wildman–Crippen LogP) is 3.92. The molecule has 19 heavy (non-hydrogen) atoms. The van der Waals surface area contributed by atoms with E-state index in [4.69, 9.17) is 11.6 Å². The molecule has 0 unspecified atom stereocenters. The summed E-state index contributed by atoms with van der Waals surface area (Å²) in [5.41, 5.74) is 0.896. The Labute approximate surface area is 118 Å². The third kappa shape index (κ3) is 3.91. The topological polar surface area (TPSA) is 55.2 Å². The van der Waals surface area contributed by atoms with Crippen molar-refractivity contribution in [1.82, 2.24) is 5.32 Å². The molecule has 0 atom stereocenters. The third-order valence-electron chi connectivity index (χ3n) is 3.84. The van der Waals surface area contributed by atoms with Gasteiger partial charge in [0.15, 0.2) is 0 Å². The van der Waals surface area contributed by atoms with Gasteiger partial charge in [-0.1, -0.05) is 18.5 Å². The summed E-state index contributed by atoms with van der Waals surface area (Å²) < 4.78 is 0. The molecule has 1 aromatic carbocycles. The molecule has 0 aliphatic heterocycles. The summed E-state index contributed by atoms with van der Waals surface area (Å²) in [7, 11) is 0. The average molecular weight is 283 g/mol. The van der Waals surface area contributed by atoms with Gasteiger partial charge in [0.05, 0.1) is 4.92 Å². The first-order valence-electron chi connectivity index (χ1n) is 6.72. The fourth-order valence-corrected chi connectivity index (χ4v) is 2.71. The maximum atomic E-state index is 10.7. The lowest BCUT2D eigenvalue weighted by molar-refractivity contribution is -0.384. The number of nitrogens with one attached hydrogen (secondary N) is 1. The maximum Gasteiger partial charge on any atom is 0.269 e. The van der Waals surface area contributed by atoms with Crippen LogP contribution in [-0.4, -0.2) is 11.0 Å². The van der Waals surface area contributed by atoms with Crippen molar-refractivity contribution in [2.45, 2.75) is 45.2 Å². The van der Waals surface area contributed by atoms with E-state index in [9.17, 15) is 10.1 Å². The van der Waals surface area contributed by atoms with E-state index in [1.165, 1.54) is 31.7 Å². The van der Waals surface area contributed by atoms with Crippen LogP contribution in [0, 0.1) is 16.0 Å². The van der Waals surface area contributed by atoms with Gasteiger partial charge >= 0.3 is 0 Å². The largest absolute Gasteiger partial charge is 0.310 e. The van der Waals surface area contributed by atoms with Gasteiger partial charge in [0.25, 0.3) is 5.69 Å². The van der Waals surface area contributed by atoms with Crippen LogP contribution in [0.25, 0.3) is 0 Å². The Bertz CT molecular complexity index is 457. The van der Waals surface area contributed by atoms with Gasteiger partial charge < -0.3 is 5.32 Å². The Kier molecular flexibility index (Phi) is 4.77. The lowest BCUT2D eigenvalue weighted by atomic mass is 9.87. The number of non-ortho nitro benzene ring substituents is 1. The first-order valence-corrected chi connectivity index (χ1v) is 7.10. The molecule has 0 bridgehead atoms. The summed E-state index contributed by atoms with van der Waals surface area (Å²) >= 11 is 6.08. The van der Waals surface area contributed by atoms with Gasteiger partial charge in [-0.3, -0.25) is 10.1 Å². The molecule has 0 saturated heterocycles. The summed E-state index contributed by atoms with van der Waals surface area (Å²) in [6, 6.07) is 5.10. The van der Waals surface area contributed by atoms with Crippen molar-refractivity contribution in [2.24, 2.45) is 5.92 Å². The summed E-state index contributed by atoms with van der Waals surface area (Å²) in [4.78, 5) is 10.4. The summed E-state index contributed by atoms with van der Waals surface area (Å²) in [6.07, 6.45) is 4.85. The van der Waals surface area contributed by atoms with Crippen molar-refractivity contribution >= 4 is 17.3 Å². The van der Waals surface area contributed by atoms with Crippen LogP contribution >= 0.6 is 11.6 Å². The molecule has 1 saturated carbocycles. The van der Waals surface area contributed by atoms with Gasteiger partial charge in [-0.25, -0.2) is 0 Å². The highest BCUT2D eigenvalue weighted by Crippen LogP contribution is 2.25. The number of rotatable bonds is 4. The van der Waals surface area contributed by atoms with Crippen LogP contribution in [0.4, 0.5) is 5.69 Å². The zero-order chi connectivity index (χ0) is 13.8. The van der Waals surface area contributed by atoms with Crippen LogP contribution in [0.15, 0.2) is 18.2 Å². The molecular formula is C14H19ClN2O2. The molecule has 4 nitrogen and oxygen atoms in total. The van der Waals surface area contributed by atoms with E-state index in [1.54, 1.807) is 12.1 Å². The van der Waals surface area contributed by atoms with Crippen LogP contribution in [0.1, 0.15) is 38.2 Å². The number of nitrogens with zero attached hydrogens (tertiary/aromatic N) is 1. The summed E-state index contributed by atoms with van der Waals surface area (Å²) in [5, 5.41) is 14.8. The standard InChI is InChI=1S/C14H19ClN2O2/c1-10-2-4-12(5-3-10)16-9-11-8-13(17(18)19)6-7-14(11)15/h6-8,10,12,16H,2-5,9H2,1H3. The Morgan fingerprint density at radius 2 is 2.05 bits per heavy atom. The maximum absolute atomic E-state index is 10.7. The second-order valence-electron chi connectivity index (χ2n) is 5.37. The molecule has 5 heteroatoms. The van der Waals surface area contributed by atoms with Gasteiger partial charge in [0.1, 0.15) is 0 Å². The number of hydrogen-bond donors (Lipinski definition) is 1. The first kappa shape index (κ1) is 14.3. The predicted molar refractivity (Wildman–Crippen MR) is 76.4 cm³/mol. The lowest BCUT2D eigenvalue weighted by Gasteiger charge is -2.27. The van der Waals surface area contributed by atoms with E-state index >= 15 is 0 Å². The molecule has 1 N–H and O–H groups in total. The third-order valence-corrected chi connectivity index (χ3v) is 4.21. The average Bonchev–Trinajstić information content (AvgIpc) is 2.39. The van der Waals surface area contributed by atoms with Crippen molar-refractivity contribution in [3.05, 3.63) is 38.9 Å². The van der Waals surface area contributed by atoms with Crippen molar-refractivity contribution < 1.29 is 4.92 Å². The van der Waals surface area contributed by atoms with Crippen LogP contribution in [0.5, 0.6) is 0 Å². The number of halogens is 1. The second-order valence-corrected chi connectivity index (χ2v) is 5.78. The lowest BCUT2D eigenvalue weighted by Crippen LogP contribution is -2.32. The smallest absolute Gasteiger partial charge is 0.269 e. The van der Waals surface area contributed by atoms with Crippen LogP contribution in [0.3, 0.4) is 0 Å². The van der Waals surface area contributed by atoms with Gasteiger partial charge in [0.2, 0.25) is 0 Å². The molecule has 0 aromatic heterocycles. The van der Waals surface area contributed by atoms with E-state index in [2.05, 4.69) is 12.2 Å². The highest BCUT2D eigenvalue weighted by molar-refractivity contribution is 6.31. The molecule has 0 amide bonds. The Morgan fingerprint density at radius 1 is 1.37 bits per heavy atom. The highest BCUT2D eigenvalue weighted by Gasteiger charge is 2.18. The molecule has 0 heterocycles. The minimum Gasteiger partial charge on any atom is -0.310 e. The minimum absolute atomic E-state index is 0.0958. The second kappa shape index (κ2) is 6.35. The number of benzene rings is 1. The van der Waals surface area contributed by atoms with Crippen molar-refractivity contribution in [3.63, 3.8) is 0 Å². The van der Waals surface area contributed by atoms with Gasteiger partial charge in [-0.15, -0.1) is 0 Å². The van der Waals surface area contributed by atoms with Gasteiger partial charge in [-0.05, 0) is 43.2 Å². The normalized spacial score (nSPS) is 23.3. The van der Waals surface area contributed by atoms with Gasteiger partial charge in [-0.2, -0.15) is 0 Å². The summed E-state index contributed by atoms with van der Waals surface area (Å²) in [6.45, 7) is 2.88. The zero-order valence-corrected chi connectivity index (χ0v) is 11.8. The molecule has 1 aliphatic rings. The number of nitro benzene ring substituents is 1. The van der Waals surface area contributed by atoms with E-state index in [0.717, 1.165) is 11.5 Å². The number of hydrogen-bond acceptors (Lipinski definition) is 3. The fourth-order valence-electron chi connectivity index (χ4n) is 2.53. The van der Waals surface area contributed by atoms with Crippen LogP contribution in [-0.2, 0) is 6.54 Å². The minimum atomic E-state index is -0.387. The highest BCUT2D eigenvalue weighted by atomic mass is 35.5. The van der Waals surface area contributed by atoms with E-state index < -0.39 is 0 Å². The van der Waals surface area contributed by atoms with E-state index in [1.807, 2.05) is 0 Å². The zero-order valence-electron chi connectivity index (χ0n) is 11.1. The molecule has 0 spiro atoms. The van der Waals surface area contributed by atoms with Crippen molar-refractivity contribution in [2.75, 3.05) is 0 Å². The SMILES string of the molecule is CC1CCC(NCc2cc([N+](=O)[O-])ccc2Cl)CC1. The Balaban J connectivity index is 1.95. The van der Waals surface area contributed by atoms with E-state index in [-0.39, 0.29) is 10.6 Å². The van der Waals surface area contributed by atoms with Crippen molar-refractivity contribution in [1.29, 1.82) is 0 Å². The van der Waals surface area contributed by atoms with Gasteiger partial charge in [0, 0.05) is 29.7 Å². The van der Waals surface area contributed by atoms with Crippen LogP contribution in [0.2, 0.25) is 5.02 Å².